The van der Waals surface area contributed by atoms with Gasteiger partial charge in [0.2, 0.25) is 0 Å². The summed E-state index contributed by atoms with van der Waals surface area (Å²) in [7, 11) is 0. The molecule has 0 aromatic heterocycles. The summed E-state index contributed by atoms with van der Waals surface area (Å²) in [5.74, 6) is 0.242. The van der Waals surface area contributed by atoms with E-state index >= 15 is 0 Å². The second-order valence-electron chi connectivity index (χ2n) is 8.15. The van der Waals surface area contributed by atoms with Crippen LogP contribution in [0.2, 0.25) is 10.0 Å². The first-order valence-electron chi connectivity index (χ1n) is 10.4. The molecule has 5 atom stereocenters. The molecule has 2 aromatic rings. The quantitative estimate of drug-likeness (QED) is 0.529. The van der Waals surface area contributed by atoms with E-state index < -0.39 is 5.60 Å². The molecule has 0 unspecified atom stereocenters. The molecule has 1 saturated heterocycles. The Balaban J connectivity index is 2.06. The van der Waals surface area contributed by atoms with Gasteiger partial charge in [-0.15, -0.1) is 0 Å². The van der Waals surface area contributed by atoms with Gasteiger partial charge >= 0.3 is 0 Å². The van der Waals surface area contributed by atoms with Crippen LogP contribution in [0.5, 0.6) is 0 Å². The molecule has 0 bridgehead atoms. The van der Waals surface area contributed by atoms with Gasteiger partial charge in [-0.1, -0.05) is 81.1 Å². The Morgan fingerprint density at radius 3 is 1.82 bits per heavy atom. The van der Waals surface area contributed by atoms with Crippen LogP contribution in [0.1, 0.15) is 69.7 Å². The van der Waals surface area contributed by atoms with Gasteiger partial charge in [0.15, 0.2) is 0 Å². The van der Waals surface area contributed by atoms with Crippen LogP contribution in [-0.2, 0) is 0 Å². The predicted molar refractivity (Wildman–Crippen MR) is 119 cm³/mol. The normalized spacial score (nSPS) is 30.4. The molecular weight excluding hydrogens is 389 g/mol. The zero-order chi connectivity index (χ0) is 20.3. The van der Waals surface area contributed by atoms with E-state index in [-0.39, 0.29) is 23.9 Å². The number of rotatable bonds is 6. The Labute approximate surface area is 179 Å². The van der Waals surface area contributed by atoms with Gasteiger partial charge in [-0.3, -0.25) is 0 Å². The summed E-state index contributed by atoms with van der Waals surface area (Å²) < 4.78 is 0. The zero-order valence-corrected chi connectivity index (χ0v) is 18.5. The third-order valence-corrected chi connectivity index (χ3v) is 6.90. The molecule has 0 radical (unpaired) electrons. The number of nitrogens with one attached hydrogen (secondary N) is 1. The summed E-state index contributed by atoms with van der Waals surface area (Å²) >= 11 is 12.2. The molecule has 4 heteroatoms. The van der Waals surface area contributed by atoms with E-state index in [2.05, 4.69) is 50.4 Å². The van der Waals surface area contributed by atoms with Gasteiger partial charge in [0.1, 0.15) is 0 Å². The van der Waals surface area contributed by atoms with E-state index in [1.54, 1.807) is 0 Å². The summed E-state index contributed by atoms with van der Waals surface area (Å²) in [6.45, 7) is 6.54. The van der Waals surface area contributed by atoms with Crippen LogP contribution in [-0.4, -0.2) is 10.7 Å². The van der Waals surface area contributed by atoms with E-state index in [4.69, 9.17) is 23.2 Å². The van der Waals surface area contributed by atoms with Crippen LogP contribution >= 0.6 is 23.2 Å². The first-order chi connectivity index (χ1) is 13.4. The molecule has 0 saturated carbocycles. The van der Waals surface area contributed by atoms with Crippen molar-refractivity contribution in [2.75, 3.05) is 0 Å². The van der Waals surface area contributed by atoms with Gasteiger partial charge < -0.3 is 10.4 Å². The van der Waals surface area contributed by atoms with Crippen molar-refractivity contribution in [3.05, 3.63) is 69.7 Å². The van der Waals surface area contributed by atoms with Crippen LogP contribution in [0, 0.1) is 11.8 Å². The third-order valence-electron chi connectivity index (χ3n) is 6.40. The molecule has 1 fully saturated rings. The van der Waals surface area contributed by atoms with Crippen molar-refractivity contribution in [3.8, 4) is 0 Å². The van der Waals surface area contributed by atoms with E-state index in [1.807, 2.05) is 24.3 Å². The molecule has 3 rings (SSSR count). The maximum Gasteiger partial charge on any atom is 0.0737 e. The molecular formula is C24H31Cl2NO. The van der Waals surface area contributed by atoms with Crippen molar-refractivity contribution in [1.29, 1.82) is 0 Å². The molecule has 2 aromatic carbocycles. The second-order valence-corrected chi connectivity index (χ2v) is 9.02. The smallest absolute Gasteiger partial charge is 0.0737 e. The highest BCUT2D eigenvalue weighted by Gasteiger charge is 2.51. The number of piperidine rings is 1. The lowest BCUT2D eigenvalue weighted by atomic mass is 9.62. The number of hydrogen-bond acceptors (Lipinski definition) is 2. The van der Waals surface area contributed by atoms with Crippen molar-refractivity contribution in [2.45, 2.75) is 64.1 Å². The Morgan fingerprint density at radius 2 is 1.36 bits per heavy atom. The van der Waals surface area contributed by atoms with E-state index in [0.717, 1.165) is 35.7 Å². The van der Waals surface area contributed by atoms with Gasteiger partial charge in [0.25, 0.3) is 0 Å². The molecule has 1 heterocycles. The minimum absolute atomic E-state index is 0.0580. The van der Waals surface area contributed by atoms with Crippen molar-refractivity contribution < 1.29 is 5.11 Å². The van der Waals surface area contributed by atoms with E-state index in [1.165, 1.54) is 11.1 Å². The van der Waals surface area contributed by atoms with Crippen molar-refractivity contribution >= 4 is 23.2 Å². The van der Waals surface area contributed by atoms with Gasteiger partial charge in [-0.2, -0.15) is 0 Å². The summed E-state index contributed by atoms with van der Waals surface area (Å²) in [5, 5.41) is 17.4. The Morgan fingerprint density at radius 1 is 0.857 bits per heavy atom. The van der Waals surface area contributed by atoms with Gasteiger partial charge in [-0.25, -0.2) is 0 Å². The highest BCUT2D eigenvalue weighted by atomic mass is 35.5. The fraction of sp³-hybridized carbons (Fsp3) is 0.500. The molecule has 152 valence electrons. The molecule has 2 nitrogen and oxygen atoms in total. The number of benzene rings is 2. The fourth-order valence-electron chi connectivity index (χ4n) is 4.96. The largest absolute Gasteiger partial charge is 0.389 e. The Kier molecular flexibility index (Phi) is 7.09. The van der Waals surface area contributed by atoms with Crippen LogP contribution in [0.15, 0.2) is 48.5 Å². The summed E-state index contributed by atoms with van der Waals surface area (Å²) in [6.07, 6.45) is 3.78. The molecule has 1 aliphatic heterocycles. The molecule has 28 heavy (non-hydrogen) atoms. The van der Waals surface area contributed by atoms with E-state index in [0.29, 0.717) is 0 Å². The maximum atomic E-state index is 12.0. The highest BCUT2D eigenvalue weighted by Crippen LogP contribution is 2.50. The fourth-order valence-corrected chi connectivity index (χ4v) is 5.22. The summed E-state index contributed by atoms with van der Waals surface area (Å²) in [6, 6.07) is 16.2. The average Bonchev–Trinajstić information content (AvgIpc) is 2.68. The van der Waals surface area contributed by atoms with Gasteiger partial charge in [-0.05, 0) is 48.2 Å². The lowest BCUT2D eigenvalue weighted by Gasteiger charge is -2.53. The number of halogens is 2. The van der Waals surface area contributed by atoms with Gasteiger partial charge in [0, 0.05) is 34.0 Å². The number of hydrogen-bond donors (Lipinski definition) is 2. The minimum Gasteiger partial charge on any atom is -0.389 e. The lowest BCUT2D eigenvalue weighted by Crippen LogP contribution is -2.58. The standard InChI is InChI=1S/C24H31Cl2NO/c1-4-6-21-23(18-9-13-20(26)14-10-18)27-22(16(3)24(21,28)15-5-2)17-7-11-19(25)12-8-17/h7-14,16,21-23,27-28H,4-6,15H2,1-3H3/t16-,21+,22-,23+,24-/m0/s1. The molecule has 2 N–H and O–H groups in total. The van der Waals surface area contributed by atoms with Crippen LogP contribution < -0.4 is 5.32 Å². The molecule has 0 aliphatic carbocycles. The SMILES string of the molecule is CCC[C@@H]1[C@@H](c2ccc(Cl)cc2)N[C@H](c2ccc(Cl)cc2)[C@H](C)[C@@]1(O)CCC. The Hall–Kier alpha value is -1.06. The van der Waals surface area contributed by atoms with Crippen LogP contribution in [0.3, 0.4) is 0 Å². The van der Waals surface area contributed by atoms with Crippen LogP contribution in [0.25, 0.3) is 0 Å². The van der Waals surface area contributed by atoms with Gasteiger partial charge in [0.05, 0.1) is 5.60 Å². The van der Waals surface area contributed by atoms with Crippen molar-refractivity contribution in [3.63, 3.8) is 0 Å². The average molecular weight is 420 g/mol. The monoisotopic (exact) mass is 419 g/mol. The summed E-state index contributed by atoms with van der Waals surface area (Å²) in [5.41, 5.74) is 1.62. The predicted octanol–water partition coefficient (Wildman–Crippen LogP) is 6.96. The second kappa shape index (κ2) is 9.17. The zero-order valence-electron chi connectivity index (χ0n) is 17.0. The first kappa shape index (κ1) is 21.6. The lowest BCUT2D eigenvalue weighted by molar-refractivity contribution is -0.125. The number of aliphatic hydroxyl groups is 1. The molecule has 0 spiro atoms. The van der Waals surface area contributed by atoms with Crippen LogP contribution in [0.4, 0.5) is 0 Å². The summed E-state index contributed by atoms with van der Waals surface area (Å²) in [4.78, 5) is 0. The Bertz CT molecular complexity index is 761. The minimum atomic E-state index is -0.732. The highest BCUT2D eigenvalue weighted by molar-refractivity contribution is 6.30. The first-order valence-corrected chi connectivity index (χ1v) is 11.2. The molecule has 1 aliphatic rings. The molecule has 0 amide bonds. The van der Waals surface area contributed by atoms with E-state index in [9.17, 15) is 5.11 Å². The topological polar surface area (TPSA) is 32.3 Å². The third kappa shape index (κ3) is 4.26. The van der Waals surface area contributed by atoms with Crippen molar-refractivity contribution in [1.82, 2.24) is 5.32 Å². The van der Waals surface area contributed by atoms with Crippen molar-refractivity contribution in [2.24, 2.45) is 11.8 Å². The maximum absolute atomic E-state index is 12.0.